The Morgan fingerprint density at radius 3 is 1.81 bits per heavy atom. The fourth-order valence-corrected chi connectivity index (χ4v) is 3.97. The summed E-state index contributed by atoms with van der Waals surface area (Å²) < 4.78 is 0. The van der Waals surface area contributed by atoms with Crippen LogP contribution >= 0.6 is 0 Å². The van der Waals surface area contributed by atoms with E-state index in [4.69, 9.17) is 0 Å². The van der Waals surface area contributed by atoms with Crippen LogP contribution in [0.3, 0.4) is 0 Å². The molecule has 1 aromatic carbocycles. The van der Waals surface area contributed by atoms with Crippen LogP contribution < -0.4 is 0 Å². The minimum absolute atomic E-state index is 0.191. The van der Waals surface area contributed by atoms with Gasteiger partial charge in [0.25, 0.3) is 0 Å². The number of rotatable bonds is 9. The van der Waals surface area contributed by atoms with Crippen molar-refractivity contribution in [2.45, 2.75) is 105 Å². The van der Waals surface area contributed by atoms with Crippen molar-refractivity contribution >= 4 is 0 Å². The van der Waals surface area contributed by atoms with Gasteiger partial charge in [0.05, 0.1) is 0 Å². The molecule has 0 heteroatoms. The van der Waals surface area contributed by atoms with Crippen molar-refractivity contribution < 1.29 is 0 Å². The maximum absolute atomic E-state index is 4.14. The summed E-state index contributed by atoms with van der Waals surface area (Å²) in [6.45, 7) is 25.1. The molecule has 0 fully saturated rings. The number of hydrogen-bond acceptors (Lipinski definition) is 0. The highest BCUT2D eigenvalue weighted by molar-refractivity contribution is 5.37. The SMILES string of the molecule is C=CC(CC(CCC)Cc1cc(C(C)(C)C)cc(C(C)(C)C)c1)C(C)CC. The van der Waals surface area contributed by atoms with E-state index in [0.717, 1.165) is 11.8 Å². The second kappa shape index (κ2) is 9.94. The number of hydrogen-bond donors (Lipinski definition) is 0. The summed E-state index contributed by atoms with van der Waals surface area (Å²) in [5.41, 5.74) is 4.86. The Bertz CT molecular complexity index is 547. The molecule has 0 saturated heterocycles. The fourth-order valence-electron chi connectivity index (χ4n) is 3.97. The topological polar surface area (TPSA) is 0 Å². The first-order valence-electron chi connectivity index (χ1n) is 11.2. The van der Waals surface area contributed by atoms with Crippen LogP contribution in [-0.4, -0.2) is 0 Å². The van der Waals surface area contributed by atoms with Crippen molar-refractivity contribution in [2.75, 3.05) is 0 Å². The lowest BCUT2D eigenvalue weighted by atomic mass is 9.77. The second-order valence-corrected chi connectivity index (χ2v) is 10.8. The largest absolute Gasteiger partial charge is 0.103 e. The first-order valence-corrected chi connectivity index (χ1v) is 11.2. The van der Waals surface area contributed by atoms with Crippen LogP contribution in [0.15, 0.2) is 30.9 Å². The molecular formula is C27H46. The fraction of sp³-hybridized carbons (Fsp3) is 0.704. The summed E-state index contributed by atoms with van der Waals surface area (Å²) >= 11 is 0. The smallest absolute Gasteiger partial charge is 0.0132 e. The maximum atomic E-state index is 4.14. The zero-order chi connectivity index (χ0) is 20.8. The molecule has 0 aliphatic heterocycles. The molecule has 3 atom stereocenters. The van der Waals surface area contributed by atoms with Gasteiger partial charge in [-0.2, -0.15) is 0 Å². The Balaban J connectivity index is 3.18. The first kappa shape index (κ1) is 24.0. The zero-order valence-corrected chi connectivity index (χ0v) is 19.8. The average Bonchev–Trinajstić information content (AvgIpc) is 2.57. The molecule has 0 radical (unpaired) electrons. The summed E-state index contributed by atoms with van der Waals surface area (Å²) in [5, 5.41) is 0. The predicted molar refractivity (Wildman–Crippen MR) is 124 cm³/mol. The molecule has 1 aromatic rings. The summed E-state index contributed by atoms with van der Waals surface area (Å²) in [5.74, 6) is 2.11. The van der Waals surface area contributed by atoms with Crippen molar-refractivity contribution in [3.63, 3.8) is 0 Å². The molecule has 27 heavy (non-hydrogen) atoms. The molecule has 0 nitrogen and oxygen atoms in total. The molecule has 0 aliphatic rings. The highest BCUT2D eigenvalue weighted by atomic mass is 14.3. The number of benzene rings is 1. The third-order valence-electron chi connectivity index (χ3n) is 6.23. The predicted octanol–water partition coefficient (Wildman–Crippen LogP) is 8.48. The van der Waals surface area contributed by atoms with Gasteiger partial charge in [-0.15, -0.1) is 6.58 Å². The molecule has 1 rings (SSSR count). The Labute approximate surface area is 170 Å². The standard InChI is InChI=1S/C27H46/c1-11-14-21(16-23(13-3)20(4)12-2)15-22-17-24(26(5,6)7)19-25(18-22)27(8,9)10/h13,17-21,23H,3,11-12,14-16H2,1-2,4-10H3. The van der Waals surface area contributed by atoms with E-state index in [1.165, 1.54) is 48.8 Å². The normalized spacial score (nSPS) is 16.0. The quantitative estimate of drug-likeness (QED) is 0.382. The van der Waals surface area contributed by atoms with Gasteiger partial charge in [-0.25, -0.2) is 0 Å². The lowest BCUT2D eigenvalue weighted by Crippen LogP contribution is -2.19. The highest BCUT2D eigenvalue weighted by Crippen LogP contribution is 2.33. The summed E-state index contributed by atoms with van der Waals surface area (Å²) in [6.07, 6.45) is 8.50. The molecule has 0 aromatic heterocycles. The van der Waals surface area contributed by atoms with Crippen molar-refractivity contribution in [1.82, 2.24) is 0 Å². The first-order chi connectivity index (χ1) is 12.4. The third-order valence-corrected chi connectivity index (χ3v) is 6.23. The zero-order valence-electron chi connectivity index (χ0n) is 19.8. The van der Waals surface area contributed by atoms with Gasteiger partial charge in [-0.1, -0.05) is 106 Å². The van der Waals surface area contributed by atoms with E-state index < -0.39 is 0 Å². The Hall–Kier alpha value is -1.04. The van der Waals surface area contributed by atoms with E-state index in [2.05, 4.69) is 93.2 Å². The van der Waals surface area contributed by atoms with Crippen LogP contribution in [-0.2, 0) is 17.3 Å². The van der Waals surface area contributed by atoms with Gasteiger partial charge in [0.2, 0.25) is 0 Å². The monoisotopic (exact) mass is 370 g/mol. The minimum atomic E-state index is 0.191. The molecule has 0 N–H and O–H groups in total. The molecule has 154 valence electrons. The number of allylic oxidation sites excluding steroid dienone is 1. The second-order valence-electron chi connectivity index (χ2n) is 10.8. The molecule has 3 unspecified atom stereocenters. The average molecular weight is 371 g/mol. The van der Waals surface area contributed by atoms with E-state index in [1.54, 1.807) is 0 Å². The minimum Gasteiger partial charge on any atom is -0.103 e. The van der Waals surface area contributed by atoms with Gasteiger partial charge in [0.1, 0.15) is 0 Å². The van der Waals surface area contributed by atoms with Crippen molar-refractivity contribution in [1.29, 1.82) is 0 Å². The van der Waals surface area contributed by atoms with E-state index in [9.17, 15) is 0 Å². The molecule has 0 aliphatic carbocycles. The van der Waals surface area contributed by atoms with E-state index in [0.29, 0.717) is 5.92 Å². The van der Waals surface area contributed by atoms with Gasteiger partial charge < -0.3 is 0 Å². The third kappa shape index (κ3) is 7.47. The van der Waals surface area contributed by atoms with Crippen LogP contribution in [0, 0.1) is 17.8 Å². The Kier molecular flexibility index (Phi) is 8.84. The van der Waals surface area contributed by atoms with Crippen molar-refractivity contribution in [3.05, 3.63) is 47.5 Å². The van der Waals surface area contributed by atoms with Crippen LogP contribution in [0.2, 0.25) is 0 Å². The van der Waals surface area contributed by atoms with Gasteiger partial charge in [-0.3, -0.25) is 0 Å². The summed E-state index contributed by atoms with van der Waals surface area (Å²) in [6, 6.07) is 7.39. The summed E-state index contributed by atoms with van der Waals surface area (Å²) in [7, 11) is 0. The maximum Gasteiger partial charge on any atom is -0.0132 e. The lowest BCUT2D eigenvalue weighted by molar-refractivity contribution is 0.312. The van der Waals surface area contributed by atoms with Gasteiger partial charge in [-0.05, 0) is 58.1 Å². The van der Waals surface area contributed by atoms with E-state index in [-0.39, 0.29) is 10.8 Å². The summed E-state index contributed by atoms with van der Waals surface area (Å²) in [4.78, 5) is 0. The van der Waals surface area contributed by atoms with Crippen molar-refractivity contribution in [3.8, 4) is 0 Å². The lowest BCUT2D eigenvalue weighted by Gasteiger charge is -2.28. The molecular weight excluding hydrogens is 324 g/mol. The molecule has 0 bridgehead atoms. The Morgan fingerprint density at radius 1 is 0.926 bits per heavy atom. The molecule has 0 amide bonds. The van der Waals surface area contributed by atoms with Crippen LogP contribution in [0.1, 0.15) is 105 Å². The molecule has 0 heterocycles. The van der Waals surface area contributed by atoms with E-state index in [1.807, 2.05) is 0 Å². The molecule has 0 spiro atoms. The molecule has 0 saturated carbocycles. The van der Waals surface area contributed by atoms with Gasteiger partial charge in [0.15, 0.2) is 0 Å². The Morgan fingerprint density at radius 2 is 1.44 bits per heavy atom. The van der Waals surface area contributed by atoms with Crippen LogP contribution in [0.5, 0.6) is 0 Å². The van der Waals surface area contributed by atoms with Crippen molar-refractivity contribution in [2.24, 2.45) is 17.8 Å². The van der Waals surface area contributed by atoms with Gasteiger partial charge >= 0.3 is 0 Å². The van der Waals surface area contributed by atoms with Gasteiger partial charge in [0, 0.05) is 0 Å². The van der Waals surface area contributed by atoms with Crippen LogP contribution in [0.4, 0.5) is 0 Å². The van der Waals surface area contributed by atoms with E-state index >= 15 is 0 Å². The highest BCUT2D eigenvalue weighted by Gasteiger charge is 2.23. The van der Waals surface area contributed by atoms with Crippen LogP contribution in [0.25, 0.3) is 0 Å².